The molecule has 0 saturated heterocycles. The molecule has 2 aliphatic rings. The highest BCUT2D eigenvalue weighted by Crippen LogP contribution is 2.24. The lowest BCUT2D eigenvalue weighted by Gasteiger charge is -2.26. The van der Waals surface area contributed by atoms with E-state index in [1.165, 1.54) is 23.3 Å². The van der Waals surface area contributed by atoms with Gasteiger partial charge in [-0.25, -0.2) is 0 Å². The molecule has 0 radical (unpaired) electrons. The van der Waals surface area contributed by atoms with Crippen molar-refractivity contribution in [2.24, 2.45) is 0 Å². The highest BCUT2D eigenvalue weighted by molar-refractivity contribution is 7.10. The number of nitrogens with zero attached hydrogens (tertiary/aromatic N) is 1. The van der Waals surface area contributed by atoms with Crippen molar-refractivity contribution in [1.29, 1.82) is 0 Å². The summed E-state index contributed by atoms with van der Waals surface area (Å²) in [6.07, 6.45) is 3.44. The van der Waals surface area contributed by atoms with Crippen LogP contribution in [-0.4, -0.2) is 29.9 Å². The van der Waals surface area contributed by atoms with Gasteiger partial charge in [-0.3, -0.25) is 9.69 Å². The predicted molar refractivity (Wildman–Crippen MR) is 64.5 cm³/mol. The third-order valence-corrected chi connectivity index (χ3v) is 4.22. The minimum atomic E-state index is 0.196. The van der Waals surface area contributed by atoms with E-state index in [2.05, 4.69) is 21.7 Å². The lowest BCUT2D eigenvalue weighted by molar-refractivity contribution is -0.122. The summed E-state index contributed by atoms with van der Waals surface area (Å²) >= 11 is 1.84. The second-order valence-corrected chi connectivity index (χ2v) is 5.67. The lowest BCUT2D eigenvalue weighted by atomic mass is 10.1. The average molecular weight is 236 g/mol. The van der Waals surface area contributed by atoms with E-state index in [0.29, 0.717) is 12.6 Å². The van der Waals surface area contributed by atoms with Crippen LogP contribution in [0.5, 0.6) is 0 Å². The van der Waals surface area contributed by atoms with Crippen LogP contribution in [0.2, 0.25) is 0 Å². The second-order valence-electron chi connectivity index (χ2n) is 4.67. The van der Waals surface area contributed by atoms with Crippen LogP contribution in [0.4, 0.5) is 0 Å². The maximum atomic E-state index is 11.7. The zero-order chi connectivity index (χ0) is 11.0. The number of carbonyl (C=O) groups is 1. The monoisotopic (exact) mass is 236 g/mol. The SMILES string of the molecule is O=C(CN1CCc2sccc2C1)NC1CC1. The summed E-state index contributed by atoms with van der Waals surface area (Å²) in [7, 11) is 0. The van der Waals surface area contributed by atoms with E-state index < -0.39 is 0 Å². The zero-order valence-corrected chi connectivity index (χ0v) is 10.1. The van der Waals surface area contributed by atoms with Crippen LogP contribution in [0.1, 0.15) is 23.3 Å². The van der Waals surface area contributed by atoms with Gasteiger partial charge in [0, 0.05) is 24.0 Å². The first-order valence-corrected chi connectivity index (χ1v) is 6.76. The molecule has 3 nitrogen and oxygen atoms in total. The third kappa shape index (κ3) is 2.28. The predicted octanol–water partition coefficient (Wildman–Crippen LogP) is 1.38. The molecule has 1 saturated carbocycles. The summed E-state index contributed by atoms with van der Waals surface area (Å²) in [5.41, 5.74) is 1.41. The molecule has 1 aromatic heterocycles. The van der Waals surface area contributed by atoms with Gasteiger partial charge in [-0.05, 0) is 36.3 Å². The number of nitrogens with one attached hydrogen (secondary N) is 1. The Morgan fingerprint density at radius 1 is 1.56 bits per heavy atom. The van der Waals surface area contributed by atoms with Crippen molar-refractivity contribution in [3.63, 3.8) is 0 Å². The fourth-order valence-electron chi connectivity index (χ4n) is 2.15. The molecule has 2 heterocycles. The van der Waals surface area contributed by atoms with Crippen molar-refractivity contribution in [1.82, 2.24) is 10.2 Å². The van der Waals surface area contributed by atoms with Crippen molar-refractivity contribution >= 4 is 17.2 Å². The smallest absolute Gasteiger partial charge is 0.234 e. The molecule has 4 heteroatoms. The van der Waals surface area contributed by atoms with E-state index in [1.807, 2.05) is 11.3 Å². The fraction of sp³-hybridized carbons (Fsp3) is 0.583. The van der Waals surface area contributed by atoms with Crippen molar-refractivity contribution in [3.8, 4) is 0 Å². The Morgan fingerprint density at radius 3 is 3.25 bits per heavy atom. The molecule has 3 rings (SSSR count). The highest BCUT2D eigenvalue weighted by atomic mass is 32.1. The number of amides is 1. The third-order valence-electron chi connectivity index (χ3n) is 3.20. The lowest BCUT2D eigenvalue weighted by Crippen LogP contribution is -2.40. The molecule has 0 unspecified atom stereocenters. The van der Waals surface area contributed by atoms with Gasteiger partial charge in [0.25, 0.3) is 0 Å². The van der Waals surface area contributed by atoms with Gasteiger partial charge < -0.3 is 5.32 Å². The van der Waals surface area contributed by atoms with E-state index in [4.69, 9.17) is 0 Å². The summed E-state index contributed by atoms with van der Waals surface area (Å²) < 4.78 is 0. The van der Waals surface area contributed by atoms with Gasteiger partial charge in [-0.2, -0.15) is 0 Å². The number of fused-ring (bicyclic) bond motifs is 1. The molecule has 0 atom stereocenters. The van der Waals surface area contributed by atoms with Gasteiger partial charge in [0.2, 0.25) is 5.91 Å². The number of rotatable bonds is 3. The van der Waals surface area contributed by atoms with Crippen LogP contribution in [0.3, 0.4) is 0 Å². The van der Waals surface area contributed by atoms with Crippen LogP contribution in [0.25, 0.3) is 0 Å². The van der Waals surface area contributed by atoms with Gasteiger partial charge in [-0.1, -0.05) is 0 Å². The number of carbonyl (C=O) groups excluding carboxylic acids is 1. The maximum Gasteiger partial charge on any atom is 0.234 e. The van der Waals surface area contributed by atoms with Gasteiger partial charge in [0.05, 0.1) is 6.54 Å². The molecule has 1 N–H and O–H groups in total. The molecule has 86 valence electrons. The van der Waals surface area contributed by atoms with Gasteiger partial charge in [0.15, 0.2) is 0 Å². The van der Waals surface area contributed by atoms with Crippen LogP contribution < -0.4 is 5.32 Å². The summed E-state index contributed by atoms with van der Waals surface area (Å²) in [6, 6.07) is 2.67. The van der Waals surface area contributed by atoms with E-state index >= 15 is 0 Å². The molecular formula is C12H16N2OS. The van der Waals surface area contributed by atoms with Crippen molar-refractivity contribution in [2.75, 3.05) is 13.1 Å². The van der Waals surface area contributed by atoms with Crippen molar-refractivity contribution < 1.29 is 4.79 Å². The summed E-state index contributed by atoms with van der Waals surface area (Å²) in [4.78, 5) is 15.4. The molecule has 0 aromatic carbocycles. The first-order chi connectivity index (χ1) is 7.81. The zero-order valence-electron chi connectivity index (χ0n) is 9.24. The Bertz CT molecular complexity index is 397. The average Bonchev–Trinajstić information content (AvgIpc) is 2.95. The standard InChI is InChI=1S/C12H16N2OS/c15-12(13-10-1-2-10)8-14-5-3-11-9(7-14)4-6-16-11/h4,6,10H,1-3,5,7-8H2,(H,13,15). The molecular weight excluding hydrogens is 220 g/mol. The van der Waals surface area contributed by atoms with Crippen LogP contribution in [0.15, 0.2) is 11.4 Å². The molecule has 1 fully saturated rings. The molecule has 1 aliphatic carbocycles. The number of hydrogen-bond acceptors (Lipinski definition) is 3. The Kier molecular flexibility index (Phi) is 2.69. The second kappa shape index (κ2) is 4.18. The number of thiophene rings is 1. The minimum Gasteiger partial charge on any atom is -0.352 e. The summed E-state index contributed by atoms with van der Waals surface area (Å²) in [5, 5.41) is 5.19. The fourth-order valence-corrected chi connectivity index (χ4v) is 3.04. The topological polar surface area (TPSA) is 32.3 Å². The van der Waals surface area contributed by atoms with Crippen molar-refractivity contribution in [2.45, 2.75) is 31.8 Å². The molecule has 16 heavy (non-hydrogen) atoms. The Hall–Kier alpha value is -0.870. The first-order valence-electron chi connectivity index (χ1n) is 5.88. The largest absolute Gasteiger partial charge is 0.352 e. The van der Waals surface area contributed by atoms with Crippen molar-refractivity contribution in [3.05, 3.63) is 21.9 Å². The Balaban J connectivity index is 1.55. The quantitative estimate of drug-likeness (QED) is 0.860. The van der Waals surface area contributed by atoms with Crippen LogP contribution in [-0.2, 0) is 17.8 Å². The maximum absolute atomic E-state index is 11.7. The normalized spacial score (nSPS) is 20.5. The Morgan fingerprint density at radius 2 is 2.44 bits per heavy atom. The van der Waals surface area contributed by atoms with E-state index in [9.17, 15) is 4.79 Å². The van der Waals surface area contributed by atoms with E-state index in [-0.39, 0.29) is 5.91 Å². The molecule has 0 bridgehead atoms. The minimum absolute atomic E-state index is 0.196. The van der Waals surface area contributed by atoms with Gasteiger partial charge >= 0.3 is 0 Å². The van der Waals surface area contributed by atoms with Gasteiger partial charge in [-0.15, -0.1) is 11.3 Å². The molecule has 0 spiro atoms. The first kappa shape index (κ1) is 10.3. The highest BCUT2D eigenvalue weighted by Gasteiger charge is 2.25. The van der Waals surface area contributed by atoms with E-state index in [0.717, 1.165) is 19.5 Å². The molecule has 1 aromatic rings. The summed E-state index contributed by atoms with van der Waals surface area (Å²) in [6.45, 7) is 2.52. The molecule has 1 aliphatic heterocycles. The number of hydrogen-bond donors (Lipinski definition) is 1. The van der Waals surface area contributed by atoms with Gasteiger partial charge in [0.1, 0.15) is 0 Å². The summed E-state index contributed by atoms with van der Waals surface area (Å²) in [5.74, 6) is 0.196. The molecule has 1 amide bonds. The van der Waals surface area contributed by atoms with E-state index in [1.54, 1.807) is 0 Å². The Labute approximate surface area is 99.5 Å². The van der Waals surface area contributed by atoms with Crippen LogP contribution >= 0.6 is 11.3 Å². The van der Waals surface area contributed by atoms with Crippen LogP contribution in [0, 0.1) is 0 Å².